The molecule has 0 radical (unpaired) electrons. The van der Waals surface area contributed by atoms with Gasteiger partial charge >= 0.3 is 0 Å². The monoisotopic (exact) mass is 530 g/mol. The molecule has 1 amide bonds. The van der Waals surface area contributed by atoms with Crippen molar-refractivity contribution in [2.24, 2.45) is 5.92 Å². The summed E-state index contributed by atoms with van der Waals surface area (Å²) < 4.78 is 6.55. The molecule has 2 unspecified atom stereocenters. The van der Waals surface area contributed by atoms with Gasteiger partial charge < -0.3 is 19.8 Å². The molecular formula is C32H38N2O5. The summed E-state index contributed by atoms with van der Waals surface area (Å²) >= 11 is 0. The van der Waals surface area contributed by atoms with Crippen molar-refractivity contribution in [3.63, 3.8) is 0 Å². The third kappa shape index (κ3) is 3.42. The molecule has 2 N–H and O–H groups in total. The van der Waals surface area contributed by atoms with Gasteiger partial charge in [-0.2, -0.15) is 0 Å². The van der Waals surface area contributed by atoms with Gasteiger partial charge in [0.25, 0.3) is 0 Å². The molecule has 7 rings (SSSR count). The molecule has 0 aromatic heterocycles. The van der Waals surface area contributed by atoms with E-state index in [0.717, 1.165) is 12.1 Å². The van der Waals surface area contributed by atoms with Gasteiger partial charge in [-0.3, -0.25) is 14.5 Å². The summed E-state index contributed by atoms with van der Waals surface area (Å²) in [4.78, 5) is 31.5. The number of benzene rings is 2. The number of aliphatic hydroxyl groups is 1. The molecular weight excluding hydrogens is 492 g/mol. The number of phenols is 1. The maximum absolute atomic E-state index is 14.0. The second-order valence-electron chi connectivity index (χ2n) is 12.8. The van der Waals surface area contributed by atoms with Crippen molar-refractivity contribution in [1.82, 2.24) is 9.80 Å². The average Bonchev–Trinajstić information content (AvgIpc) is 3.66. The number of ketones is 1. The normalized spacial score (nSPS) is 32.5. The highest BCUT2D eigenvalue weighted by atomic mass is 16.5. The van der Waals surface area contributed by atoms with Crippen molar-refractivity contribution < 1.29 is 24.5 Å². The number of hydrogen-bond donors (Lipinski definition) is 2. The van der Waals surface area contributed by atoms with E-state index in [1.165, 1.54) is 24.0 Å². The van der Waals surface area contributed by atoms with E-state index in [1.807, 2.05) is 11.9 Å². The summed E-state index contributed by atoms with van der Waals surface area (Å²) in [6, 6.07) is 8.71. The van der Waals surface area contributed by atoms with Crippen LogP contribution in [-0.2, 0) is 16.6 Å². The Morgan fingerprint density at radius 2 is 1.92 bits per heavy atom. The maximum atomic E-state index is 14.0. The first-order valence-corrected chi connectivity index (χ1v) is 14.5. The van der Waals surface area contributed by atoms with E-state index >= 15 is 0 Å². The Morgan fingerprint density at radius 1 is 1.13 bits per heavy atom. The van der Waals surface area contributed by atoms with E-state index in [1.54, 1.807) is 12.1 Å². The molecule has 2 heterocycles. The second kappa shape index (κ2) is 8.55. The molecule has 5 atom stereocenters. The quantitative estimate of drug-likeness (QED) is 0.592. The lowest BCUT2D eigenvalue weighted by molar-refractivity contribution is -0.188. The number of Topliss-reactive ketones (excluding diaryl/α,β-unsaturated/α-hetero) is 1. The minimum Gasteiger partial charge on any atom is -0.504 e. The zero-order valence-corrected chi connectivity index (χ0v) is 23.1. The maximum Gasteiger partial charge on any atom is 0.223 e. The summed E-state index contributed by atoms with van der Waals surface area (Å²) in [5.41, 5.74) is 2.71. The van der Waals surface area contributed by atoms with Crippen LogP contribution in [0.1, 0.15) is 71.1 Å². The number of likely N-dealkylation sites (tertiary alicyclic amines) is 1. The Hall–Kier alpha value is -2.90. The number of piperidine rings is 1. The smallest absolute Gasteiger partial charge is 0.223 e. The molecule has 5 aliphatic rings. The molecule has 39 heavy (non-hydrogen) atoms. The number of rotatable bonds is 6. The van der Waals surface area contributed by atoms with E-state index in [2.05, 4.69) is 36.9 Å². The first-order valence-electron chi connectivity index (χ1n) is 14.5. The van der Waals surface area contributed by atoms with Crippen molar-refractivity contribution in [2.45, 2.75) is 88.0 Å². The van der Waals surface area contributed by atoms with Crippen molar-refractivity contribution in [3.8, 4) is 11.5 Å². The second-order valence-corrected chi connectivity index (χ2v) is 12.8. The van der Waals surface area contributed by atoms with Crippen LogP contribution in [0.2, 0.25) is 0 Å². The van der Waals surface area contributed by atoms with Crippen LogP contribution in [-0.4, -0.2) is 75.6 Å². The number of phenolic OH excluding ortho intramolecular Hbond substituents is 1. The summed E-state index contributed by atoms with van der Waals surface area (Å²) in [6.45, 7) is 5.71. The number of carbonyl (C=O) groups is 2. The van der Waals surface area contributed by atoms with Gasteiger partial charge in [0.15, 0.2) is 17.3 Å². The molecule has 2 aromatic rings. The van der Waals surface area contributed by atoms with E-state index in [-0.39, 0.29) is 23.5 Å². The lowest BCUT2D eigenvalue weighted by Crippen LogP contribution is -2.79. The summed E-state index contributed by atoms with van der Waals surface area (Å²) in [7, 11) is 1.84. The van der Waals surface area contributed by atoms with E-state index in [0.29, 0.717) is 61.4 Å². The molecule has 2 aromatic carbocycles. The van der Waals surface area contributed by atoms with Gasteiger partial charge in [-0.1, -0.05) is 18.2 Å². The Morgan fingerprint density at radius 3 is 2.67 bits per heavy atom. The van der Waals surface area contributed by atoms with Gasteiger partial charge in [-0.15, -0.1) is 0 Å². The zero-order chi connectivity index (χ0) is 27.3. The standard InChI is InChI=1S/C32H38N2O5/c1-18-4-5-20(16-19(18)2)8-11-25(36)33(3)23-12-13-32(38)29-27(37)22-9-10-24(35)28-26(22)31(32,30(23)39-28)14-15-34(29)17-21-6-7-21/h4-5,9-10,16,21,23,29-30,35,38H,6-8,11-15,17H2,1-3H3/t23?,29-,30?,31+,32-/m1/s1. The highest BCUT2D eigenvalue weighted by molar-refractivity contribution is 6.06. The summed E-state index contributed by atoms with van der Waals surface area (Å²) in [5, 5.41) is 23.4. The number of amides is 1. The lowest BCUT2D eigenvalue weighted by atomic mass is 9.48. The van der Waals surface area contributed by atoms with Crippen molar-refractivity contribution in [1.29, 1.82) is 0 Å². The molecule has 1 spiro atoms. The van der Waals surface area contributed by atoms with E-state index in [9.17, 15) is 19.8 Å². The first-order chi connectivity index (χ1) is 18.7. The fourth-order valence-electron chi connectivity index (χ4n) is 8.26. The fraction of sp³-hybridized carbons (Fsp3) is 0.562. The molecule has 3 fully saturated rings. The molecule has 7 nitrogen and oxygen atoms in total. The van der Waals surface area contributed by atoms with Crippen LogP contribution < -0.4 is 4.74 Å². The number of ether oxygens (including phenoxy) is 1. The predicted octanol–water partition coefficient (Wildman–Crippen LogP) is 3.67. The zero-order valence-electron chi connectivity index (χ0n) is 23.1. The van der Waals surface area contributed by atoms with Crippen LogP contribution >= 0.6 is 0 Å². The lowest BCUT2D eigenvalue weighted by Gasteiger charge is -2.63. The van der Waals surface area contributed by atoms with Gasteiger partial charge in [0.2, 0.25) is 5.91 Å². The van der Waals surface area contributed by atoms with Crippen LogP contribution in [0.5, 0.6) is 11.5 Å². The summed E-state index contributed by atoms with van der Waals surface area (Å²) in [5.74, 6) is 0.888. The molecule has 206 valence electrons. The Kier molecular flexibility index (Phi) is 5.50. The number of aromatic hydroxyl groups is 1. The summed E-state index contributed by atoms with van der Waals surface area (Å²) in [6.07, 6.45) is 4.48. The third-order valence-electron chi connectivity index (χ3n) is 10.7. The van der Waals surface area contributed by atoms with Gasteiger partial charge in [0.05, 0.1) is 11.5 Å². The van der Waals surface area contributed by atoms with Gasteiger partial charge in [-0.25, -0.2) is 0 Å². The van der Waals surface area contributed by atoms with Gasteiger partial charge in [-0.05, 0) is 87.1 Å². The molecule has 1 saturated heterocycles. The van der Waals surface area contributed by atoms with Crippen LogP contribution in [0.3, 0.4) is 0 Å². The van der Waals surface area contributed by atoms with Crippen LogP contribution in [0.25, 0.3) is 0 Å². The SMILES string of the molecule is Cc1ccc(CCC(=O)N(C)C2CC[C@@]3(O)[C@H]4C(=O)c5ccc(O)c6c5[C@@]3(CCN4CC3CC3)C2O6)cc1C. The third-order valence-corrected chi connectivity index (χ3v) is 10.7. The van der Waals surface area contributed by atoms with Crippen LogP contribution in [0.15, 0.2) is 30.3 Å². The Labute approximate surface area is 229 Å². The topological polar surface area (TPSA) is 90.3 Å². The van der Waals surface area contributed by atoms with E-state index < -0.39 is 23.2 Å². The number of likely N-dealkylation sites (N-methyl/N-ethyl adjacent to an activating group) is 1. The molecule has 7 heteroatoms. The Bertz CT molecular complexity index is 1380. The molecule has 2 saturated carbocycles. The highest BCUT2D eigenvalue weighted by Crippen LogP contribution is 2.66. The highest BCUT2D eigenvalue weighted by Gasteiger charge is 2.75. The average molecular weight is 531 g/mol. The Balaban J connectivity index is 1.22. The first kappa shape index (κ1) is 25.1. The van der Waals surface area contributed by atoms with Crippen molar-refractivity contribution >= 4 is 11.7 Å². The van der Waals surface area contributed by atoms with Gasteiger partial charge in [0, 0.05) is 37.7 Å². The minimum atomic E-state index is -1.30. The number of hydrogen-bond acceptors (Lipinski definition) is 6. The fourth-order valence-corrected chi connectivity index (χ4v) is 8.26. The van der Waals surface area contributed by atoms with Crippen LogP contribution in [0, 0.1) is 19.8 Å². The van der Waals surface area contributed by atoms with Crippen molar-refractivity contribution in [3.05, 3.63) is 58.1 Å². The number of carbonyl (C=O) groups excluding carboxylic acids is 2. The van der Waals surface area contributed by atoms with E-state index in [4.69, 9.17) is 4.74 Å². The number of nitrogens with zero attached hydrogens (tertiary/aromatic N) is 2. The molecule has 2 bridgehead atoms. The van der Waals surface area contributed by atoms with Gasteiger partial charge in [0.1, 0.15) is 17.7 Å². The van der Waals surface area contributed by atoms with Crippen molar-refractivity contribution in [2.75, 3.05) is 20.1 Å². The van der Waals surface area contributed by atoms with Crippen LogP contribution in [0.4, 0.5) is 0 Å². The minimum absolute atomic E-state index is 0.00555. The largest absolute Gasteiger partial charge is 0.504 e. The predicted molar refractivity (Wildman–Crippen MR) is 146 cm³/mol. The molecule has 3 aliphatic carbocycles. The molecule has 2 aliphatic heterocycles. The number of aryl methyl sites for hydroxylation is 3.